The monoisotopic (exact) mass is 310 g/mol. The van der Waals surface area contributed by atoms with Crippen LogP contribution in [0.25, 0.3) is 0 Å². The predicted octanol–water partition coefficient (Wildman–Crippen LogP) is 3.44. The van der Waals surface area contributed by atoms with Crippen LogP contribution in [0.3, 0.4) is 0 Å². The molecule has 0 amide bonds. The van der Waals surface area contributed by atoms with E-state index < -0.39 is 5.82 Å². The summed E-state index contributed by atoms with van der Waals surface area (Å²) in [6, 6.07) is 13.8. The number of hydrogen-bond donors (Lipinski definition) is 1. The maximum Gasteiger partial charge on any atom is 0.237 e. The molecule has 0 aromatic heterocycles. The van der Waals surface area contributed by atoms with Gasteiger partial charge in [0.2, 0.25) is 5.71 Å². The van der Waals surface area contributed by atoms with Crippen LogP contribution >= 0.6 is 0 Å². The van der Waals surface area contributed by atoms with E-state index in [1.54, 1.807) is 43.5 Å². The molecule has 0 saturated carbocycles. The van der Waals surface area contributed by atoms with Gasteiger partial charge in [0.15, 0.2) is 5.75 Å². The summed E-state index contributed by atoms with van der Waals surface area (Å²) >= 11 is 0. The van der Waals surface area contributed by atoms with Crippen LogP contribution in [0.15, 0.2) is 47.6 Å². The van der Waals surface area contributed by atoms with Crippen molar-refractivity contribution in [1.82, 2.24) is 0 Å². The van der Waals surface area contributed by atoms with Gasteiger partial charge in [-0.1, -0.05) is 0 Å². The number of anilines is 1. The number of ether oxygens (including phenoxy) is 2. The molecule has 0 unspecified atom stereocenters. The average molecular weight is 310 g/mol. The van der Waals surface area contributed by atoms with Crippen LogP contribution in [0.2, 0.25) is 0 Å². The van der Waals surface area contributed by atoms with Crippen molar-refractivity contribution >= 4 is 11.4 Å². The highest BCUT2D eigenvalue weighted by Crippen LogP contribution is 2.31. The second-order valence-corrected chi connectivity index (χ2v) is 4.21. The molecular formula is C16H11FN4O2. The molecule has 0 saturated heterocycles. The lowest BCUT2D eigenvalue weighted by atomic mass is 10.3. The number of rotatable bonds is 5. The molecule has 2 aromatic rings. The highest BCUT2D eigenvalue weighted by Gasteiger charge is 2.07. The third-order valence-corrected chi connectivity index (χ3v) is 2.73. The number of nitriles is 2. The first-order valence-electron chi connectivity index (χ1n) is 6.41. The standard InChI is InChI=1S/C16H11FN4O2/c1-22-13-3-5-14(6-4-13)23-16-7-2-11(17)8-15(16)21-20-12(9-18)10-19/h2-8,21H,1H3. The summed E-state index contributed by atoms with van der Waals surface area (Å²) in [5.74, 6) is 0.952. The first kappa shape index (κ1) is 15.8. The molecule has 0 aliphatic heterocycles. The van der Waals surface area contributed by atoms with Crippen molar-refractivity contribution in [2.75, 3.05) is 12.5 Å². The molecule has 0 fully saturated rings. The molecule has 0 bridgehead atoms. The molecular weight excluding hydrogens is 299 g/mol. The van der Waals surface area contributed by atoms with Crippen molar-refractivity contribution in [2.45, 2.75) is 0 Å². The summed E-state index contributed by atoms with van der Waals surface area (Å²) in [5, 5.41) is 20.9. The summed E-state index contributed by atoms with van der Waals surface area (Å²) < 4.78 is 24.1. The maximum atomic E-state index is 13.4. The summed E-state index contributed by atoms with van der Waals surface area (Å²) in [6.07, 6.45) is 0. The van der Waals surface area contributed by atoms with Crippen LogP contribution in [-0.4, -0.2) is 12.8 Å². The van der Waals surface area contributed by atoms with Gasteiger partial charge in [0.05, 0.1) is 7.11 Å². The second kappa shape index (κ2) is 7.43. The Bertz CT molecular complexity index is 788. The zero-order valence-corrected chi connectivity index (χ0v) is 12.1. The van der Waals surface area contributed by atoms with Crippen molar-refractivity contribution < 1.29 is 13.9 Å². The minimum atomic E-state index is -0.514. The topological polar surface area (TPSA) is 90.4 Å². The summed E-state index contributed by atoms with van der Waals surface area (Å²) in [6.45, 7) is 0. The van der Waals surface area contributed by atoms with Crippen LogP contribution in [-0.2, 0) is 0 Å². The van der Waals surface area contributed by atoms with Gasteiger partial charge >= 0.3 is 0 Å². The Labute approximate surface area is 132 Å². The lowest BCUT2D eigenvalue weighted by molar-refractivity contribution is 0.413. The zero-order chi connectivity index (χ0) is 16.7. The van der Waals surface area contributed by atoms with Crippen LogP contribution in [0.1, 0.15) is 0 Å². The highest BCUT2D eigenvalue weighted by atomic mass is 19.1. The van der Waals surface area contributed by atoms with Gasteiger partial charge in [-0.2, -0.15) is 15.6 Å². The van der Waals surface area contributed by atoms with E-state index in [2.05, 4.69) is 10.5 Å². The number of nitrogens with one attached hydrogen (secondary N) is 1. The Kier molecular flexibility index (Phi) is 5.11. The lowest BCUT2D eigenvalue weighted by Gasteiger charge is -2.11. The summed E-state index contributed by atoms with van der Waals surface area (Å²) in [5.41, 5.74) is 2.25. The second-order valence-electron chi connectivity index (χ2n) is 4.21. The Balaban J connectivity index is 2.26. The molecule has 1 N–H and O–H groups in total. The van der Waals surface area contributed by atoms with Crippen LogP contribution in [0.4, 0.5) is 10.1 Å². The summed E-state index contributed by atoms with van der Waals surface area (Å²) in [4.78, 5) is 0. The molecule has 0 heterocycles. The zero-order valence-electron chi connectivity index (χ0n) is 12.1. The number of hydrazone groups is 1. The summed E-state index contributed by atoms with van der Waals surface area (Å²) in [7, 11) is 1.55. The van der Waals surface area contributed by atoms with Gasteiger partial charge in [0.1, 0.15) is 35.1 Å². The molecule has 0 aliphatic rings. The first-order chi connectivity index (χ1) is 11.2. The van der Waals surface area contributed by atoms with Crippen LogP contribution in [0.5, 0.6) is 17.2 Å². The maximum absolute atomic E-state index is 13.4. The fourth-order valence-corrected chi connectivity index (χ4v) is 1.64. The van der Waals surface area contributed by atoms with E-state index in [0.717, 1.165) is 6.07 Å². The minimum absolute atomic E-state index is 0.184. The first-order valence-corrected chi connectivity index (χ1v) is 6.41. The molecule has 23 heavy (non-hydrogen) atoms. The molecule has 0 spiro atoms. The normalized spacial score (nSPS) is 9.22. The van der Waals surface area contributed by atoms with Gasteiger partial charge in [-0.15, -0.1) is 0 Å². The van der Waals surface area contributed by atoms with E-state index in [-0.39, 0.29) is 17.1 Å². The molecule has 7 heteroatoms. The molecule has 2 rings (SSSR count). The number of nitrogens with zero attached hydrogens (tertiary/aromatic N) is 3. The van der Waals surface area contributed by atoms with E-state index >= 15 is 0 Å². The van der Waals surface area contributed by atoms with Crippen molar-refractivity contribution in [2.24, 2.45) is 5.10 Å². The molecule has 0 aliphatic carbocycles. The van der Waals surface area contributed by atoms with Gasteiger partial charge in [-0.05, 0) is 36.4 Å². The Morgan fingerprint density at radius 3 is 2.35 bits per heavy atom. The SMILES string of the molecule is COc1ccc(Oc2ccc(F)cc2NN=C(C#N)C#N)cc1. The van der Waals surface area contributed by atoms with Gasteiger partial charge in [0.25, 0.3) is 0 Å². The quantitative estimate of drug-likeness (QED) is 0.674. The van der Waals surface area contributed by atoms with E-state index in [1.807, 2.05) is 0 Å². The van der Waals surface area contributed by atoms with E-state index in [9.17, 15) is 4.39 Å². The van der Waals surface area contributed by atoms with Gasteiger partial charge in [0, 0.05) is 6.07 Å². The highest BCUT2D eigenvalue weighted by molar-refractivity contribution is 6.10. The van der Waals surface area contributed by atoms with Crippen molar-refractivity contribution in [3.8, 4) is 29.4 Å². The minimum Gasteiger partial charge on any atom is -0.497 e. The Hall–Kier alpha value is -3.58. The lowest BCUT2D eigenvalue weighted by Crippen LogP contribution is -1.99. The Morgan fingerprint density at radius 1 is 1.09 bits per heavy atom. The smallest absolute Gasteiger partial charge is 0.237 e. The van der Waals surface area contributed by atoms with Gasteiger partial charge < -0.3 is 9.47 Å². The number of methoxy groups -OCH3 is 1. The molecule has 0 radical (unpaired) electrons. The van der Waals surface area contributed by atoms with E-state index in [4.69, 9.17) is 20.0 Å². The third-order valence-electron chi connectivity index (χ3n) is 2.73. The molecule has 0 atom stereocenters. The predicted molar refractivity (Wildman–Crippen MR) is 81.8 cm³/mol. The van der Waals surface area contributed by atoms with Crippen LogP contribution < -0.4 is 14.9 Å². The van der Waals surface area contributed by atoms with E-state index in [1.165, 1.54) is 12.1 Å². The van der Waals surface area contributed by atoms with Gasteiger partial charge in [-0.3, -0.25) is 5.43 Å². The number of benzene rings is 2. The Morgan fingerprint density at radius 2 is 1.74 bits per heavy atom. The molecule has 6 nitrogen and oxygen atoms in total. The fourth-order valence-electron chi connectivity index (χ4n) is 1.64. The van der Waals surface area contributed by atoms with Crippen molar-refractivity contribution in [1.29, 1.82) is 10.5 Å². The van der Waals surface area contributed by atoms with Gasteiger partial charge in [-0.25, -0.2) is 4.39 Å². The van der Waals surface area contributed by atoms with Crippen LogP contribution in [0, 0.1) is 28.5 Å². The largest absolute Gasteiger partial charge is 0.497 e. The fraction of sp³-hybridized carbons (Fsp3) is 0.0625. The van der Waals surface area contributed by atoms with Crippen molar-refractivity contribution in [3.05, 3.63) is 48.3 Å². The number of halogens is 1. The number of hydrogen-bond acceptors (Lipinski definition) is 6. The molecule has 114 valence electrons. The van der Waals surface area contributed by atoms with E-state index in [0.29, 0.717) is 11.5 Å². The third kappa shape index (κ3) is 4.19. The average Bonchev–Trinajstić information content (AvgIpc) is 2.58. The molecule has 2 aromatic carbocycles. The van der Waals surface area contributed by atoms with Crippen molar-refractivity contribution in [3.63, 3.8) is 0 Å².